The van der Waals surface area contributed by atoms with Gasteiger partial charge in [-0.3, -0.25) is 0 Å². The summed E-state index contributed by atoms with van der Waals surface area (Å²) in [5, 5.41) is 12.8. The molecule has 0 unspecified atom stereocenters. The smallest absolute Gasteiger partial charge is 0.145 e. The molecule has 0 amide bonds. The van der Waals surface area contributed by atoms with E-state index in [4.69, 9.17) is 16.7 Å². The molecule has 0 aromatic carbocycles. The predicted octanol–water partition coefficient (Wildman–Crippen LogP) is 2.23. The number of nitrogens with one attached hydrogen (secondary N) is 1. The highest BCUT2D eigenvalue weighted by Gasteiger charge is 2.03. The molecule has 0 aliphatic heterocycles. The van der Waals surface area contributed by atoms with Crippen LogP contribution in [0.15, 0.2) is 12.3 Å². The van der Waals surface area contributed by atoms with Crippen LogP contribution in [-0.2, 0) is 0 Å². The van der Waals surface area contributed by atoms with E-state index in [1.165, 1.54) is 0 Å². The summed E-state index contributed by atoms with van der Waals surface area (Å²) in [6.07, 6.45) is 2.10. The van der Waals surface area contributed by atoms with Crippen molar-refractivity contribution in [2.75, 3.05) is 11.9 Å². The van der Waals surface area contributed by atoms with E-state index >= 15 is 0 Å². The quantitative estimate of drug-likeness (QED) is 0.808. The summed E-state index contributed by atoms with van der Waals surface area (Å²) < 4.78 is 0. The fourth-order valence-corrected chi connectivity index (χ4v) is 1.24. The lowest BCUT2D eigenvalue weighted by Crippen LogP contribution is -2.10. The van der Waals surface area contributed by atoms with Crippen LogP contribution >= 0.6 is 11.6 Å². The molecule has 0 saturated heterocycles. The van der Waals surface area contributed by atoms with E-state index < -0.39 is 0 Å². The van der Waals surface area contributed by atoms with E-state index in [0.29, 0.717) is 23.8 Å². The van der Waals surface area contributed by atoms with Crippen molar-refractivity contribution in [3.05, 3.63) is 22.8 Å². The number of hydrogen-bond acceptors (Lipinski definition) is 3. The highest BCUT2D eigenvalue weighted by molar-refractivity contribution is 6.33. The van der Waals surface area contributed by atoms with Gasteiger partial charge in [-0.15, -0.1) is 0 Å². The van der Waals surface area contributed by atoms with Crippen molar-refractivity contribution < 1.29 is 5.11 Å². The molecule has 4 heteroatoms. The zero-order valence-electron chi connectivity index (χ0n) is 8.42. The first kappa shape index (κ1) is 11.3. The normalized spacial score (nSPS) is 12.6. The Labute approximate surface area is 89.1 Å². The molecule has 78 valence electrons. The van der Waals surface area contributed by atoms with Crippen molar-refractivity contribution >= 4 is 17.4 Å². The number of aromatic nitrogens is 1. The lowest BCUT2D eigenvalue weighted by molar-refractivity contribution is 0.188. The van der Waals surface area contributed by atoms with Crippen LogP contribution in [0, 0.1) is 6.92 Å². The molecule has 1 aromatic heterocycles. The maximum atomic E-state index is 9.06. The molecule has 0 spiro atoms. The van der Waals surface area contributed by atoms with E-state index in [2.05, 4.69) is 10.3 Å². The van der Waals surface area contributed by atoms with Crippen LogP contribution in [0.5, 0.6) is 0 Å². The average Bonchev–Trinajstić information content (AvgIpc) is 2.12. The molecule has 0 saturated carbocycles. The van der Waals surface area contributed by atoms with Crippen LogP contribution in [0.25, 0.3) is 0 Å². The molecule has 1 aromatic rings. The zero-order chi connectivity index (χ0) is 10.6. The number of rotatable bonds is 4. The number of hydrogen-bond donors (Lipinski definition) is 2. The molecule has 1 atom stereocenters. The highest BCUT2D eigenvalue weighted by Crippen LogP contribution is 2.22. The summed E-state index contributed by atoms with van der Waals surface area (Å²) in [4.78, 5) is 4.11. The fourth-order valence-electron chi connectivity index (χ4n) is 1.06. The van der Waals surface area contributed by atoms with Gasteiger partial charge in [0.1, 0.15) is 5.82 Å². The minimum absolute atomic E-state index is 0.300. The fraction of sp³-hybridized carbons (Fsp3) is 0.500. The van der Waals surface area contributed by atoms with Crippen molar-refractivity contribution in [3.8, 4) is 0 Å². The van der Waals surface area contributed by atoms with Crippen LogP contribution in [0.1, 0.15) is 18.9 Å². The molecule has 3 nitrogen and oxygen atoms in total. The van der Waals surface area contributed by atoms with Gasteiger partial charge in [0.15, 0.2) is 0 Å². The van der Waals surface area contributed by atoms with Gasteiger partial charge in [0.05, 0.1) is 11.1 Å². The van der Waals surface area contributed by atoms with E-state index in [1.807, 2.05) is 13.0 Å². The van der Waals surface area contributed by atoms with Crippen molar-refractivity contribution in [3.63, 3.8) is 0 Å². The Bertz CT molecular complexity index is 302. The molecular formula is C10H15ClN2O. The number of aliphatic hydroxyl groups excluding tert-OH is 1. The second kappa shape index (κ2) is 5.17. The Hall–Kier alpha value is -0.800. The first-order valence-corrected chi connectivity index (χ1v) is 5.02. The van der Waals surface area contributed by atoms with Crippen molar-refractivity contribution in [1.29, 1.82) is 0 Å². The van der Waals surface area contributed by atoms with Gasteiger partial charge in [-0.1, -0.05) is 11.6 Å². The molecule has 2 N–H and O–H groups in total. The third kappa shape index (κ3) is 3.16. The van der Waals surface area contributed by atoms with Crippen LogP contribution < -0.4 is 5.32 Å². The number of pyridine rings is 1. The van der Waals surface area contributed by atoms with Gasteiger partial charge in [-0.2, -0.15) is 0 Å². The molecule has 0 bridgehead atoms. The molecule has 0 fully saturated rings. The summed E-state index contributed by atoms with van der Waals surface area (Å²) in [5.41, 5.74) is 1.00. The number of nitrogens with zero attached hydrogens (tertiary/aromatic N) is 1. The lowest BCUT2D eigenvalue weighted by Gasteiger charge is -2.09. The van der Waals surface area contributed by atoms with Crippen LogP contribution in [0.4, 0.5) is 5.82 Å². The van der Waals surface area contributed by atoms with Gasteiger partial charge >= 0.3 is 0 Å². The van der Waals surface area contributed by atoms with Crippen molar-refractivity contribution in [2.45, 2.75) is 26.4 Å². The Balaban J connectivity index is 2.54. The van der Waals surface area contributed by atoms with Crippen molar-refractivity contribution in [2.24, 2.45) is 0 Å². The van der Waals surface area contributed by atoms with Gasteiger partial charge < -0.3 is 10.4 Å². The van der Waals surface area contributed by atoms with Gasteiger partial charge in [0.2, 0.25) is 0 Å². The van der Waals surface area contributed by atoms with Gasteiger partial charge in [-0.25, -0.2) is 4.98 Å². The Morgan fingerprint density at radius 2 is 2.36 bits per heavy atom. The third-order valence-electron chi connectivity index (χ3n) is 1.94. The Kier molecular flexibility index (Phi) is 4.17. The van der Waals surface area contributed by atoms with E-state index in [0.717, 1.165) is 5.56 Å². The largest absolute Gasteiger partial charge is 0.393 e. The minimum Gasteiger partial charge on any atom is -0.393 e. The van der Waals surface area contributed by atoms with Crippen LogP contribution in [-0.4, -0.2) is 22.7 Å². The first-order valence-electron chi connectivity index (χ1n) is 4.64. The summed E-state index contributed by atoms with van der Waals surface area (Å²) in [7, 11) is 0. The summed E-state index contributed by atoms with van der Waals surface area (Å²) in [5.74, 6) is 0.687. The summed E-state index contributed by atoms with van der Waals surface area (Å²) in [6, 6.07) is 1.86. The van der Waals surface area contributed by atoms with E-state index in [1.54, 1.807) is 13.1 Å². The molecule has 0 aliphatic carbocycles. The van der Waals surface area contributed by atoms with Gasteiger partial charge in [0.25, 0.3) is 0 Å². The minimum atomic E-state index is -0.300. The average molecular weight is 215 g/mol. The van der Waals surface area contributed by atoms with Crippen molar-refractivity contribution in [1.82, 2.24) is 4.98 Å². The van der Waals surface area contributed by atoms with Gasteiger partial charge in [-0.05, 0) is 31.9 Å². The second-order valence-electron chi connectivity index (χ2n) is 3.35. The predicted molar refractivity (Wildman–Crippen MR) is 58.8 cm³/mol. The molecule has 1 rings (SSSR count). The number of anilines is 1. The van der Waals surface area contributed by atoms with Crippen LogP contribution in [0.2, 0.25) is 5.02 Å². The number of aryl methyl sites for hydroxylation is 1. The maximum Gasteiger partial charge on any atom is 0.145 e. The van der Waals surface area contributed by atoms with Gasteiger partial charge in [0, 0.05) is 12.7 Å². The summed E-state index contributed by atoms with van der Waals surface area (Å²) >= 11 is 6.02. The van der Waals surface area contributed by atoms with Crippen LogP contribution in [0.3, 0.4) is 0 Å². The highest BCUT2D eigenvalue weighted by atomic mass is 35.5. The van der Waals surface area contributed by atoms with E-state index in [9.17, 15) is 0 Å². The number of aliphatic hydroxyl groups is 1. The molecular weight excluding hydrogens is 200 g/mol. The first-order chi connectivity index (χ1) is 6.61. The Morgan fingerprint density at radius 1 is 1.64 bits per heavy atom. The third-order valence-corrected chi connectivity index (χ3v) is 2.41. The zero-order valence-corrected chi connectivity index (χ0v) is 9.17. The standard InChI is InChI=1S/C10H15ClN2O/c1-7-3-5-12-10(9(7)11)13-6-4-8(2)14/h3,5,8,14H,4,6H2,1-2H3,(H,12,13)/t8-/m1/s1. The molecule has 0 radical (unpaired) electrons. The summed E-state index contributed by atoms with van der Waals surface area (Å²) in [6.45, 7) is 4.37. The topological polar surface area (TPSA) is 45.2 Å². The SMILES string of the molecule is Cc1ccnc(NCC[C@@H](C)O)c1Cl. The molecule has 14 heavy (non-hydrogen) atoms. The second-order valence-corrected chi connectivity index (χ2v) is 3.73. The Morgan fingerprint density at radius 3 is 3.00 bits per heavy atom. The molecule has 0 aliphatic rings. The molecule has 1 heterocycles. The maximum absolute atomic E-state index is 9.06. The lowest BCUT2D eigenvalue weighted by atomic mass is 10.2. The number of halogens is 1. The monoisotopic (exact) mass is 214 g/mol. The van der Waals surface area contributed by atoms with E-state index in [-0.39, 0.29) is 6.10 Å².